The Morgan fingerprint density at radius 1 is 1.62 bits per heavy atom. The van der Waals surface area contributed by atoms with E-state index in [4.69, 9.17) is 5.73 Å². The number of halogens is 1. The highest BCUT2D eigenvalue weighted by Crippen LogP contribution is 2.10. The van der Waals surface area contributed by atoms with E-state index in [-0.39, 0.29) is 17.9 Å². The first-order valence-electron chi connectivity index (χ1n) is 5.04. The van der Waals surface area contributed by atoms with Gasteiger partial charge in [-0.3, -0.25) is 0 Å². The fourth-order valence-corrected chi connectivity index (χ4v) is 1.14. The lowest BCUT2D eigenvalue weighted by Gasteiger charge is -2.23. The molecule has 0 radical (unpaired) electrons. The zero-order valence-corrected chi connectivity index (χ0v) is 9.40. The van der Waals surface area contributed by atoms with Gasteiger partial charge in [0.1, 0.15) is 5.82 Å². The third-order valence-corrected chi connectivity index (χ3v) is 2.40. The molecule has 0 heterocycles. The number of nitrogens with one attached hydrogen (secondary N) is 1. The summed E-state index contributed by atoms with van der Waals surface area (Å²) >= 11 is 0. The maximum Gasteiger partial charge on any atom is 0.321 e. The summed E-state index contributed by atoms with van der Waals surface area (Å²) in [6.45, 7) is 2.22. The molecular formula is C11H16FN3O. The van der Waals surface area contributed by atoms with Crippen LogP contribution >= 0.6 is 0 Å². The fourth-order valence-electron chi connectivity index (χ4n) is 1.14. The third kappa shape index (κ3) is 3.20. The Kier molecular flexibility index (Phi) is 4.25. The molecule has 1 aromatic carbocycles. The molecule has 1 rings (SSSR count). The van der Waals surface area contributed by atoms with Crippen LogP contribution in [0.5, 0.6) is 0 Å². The molecule has 0 spiro atoms. The SMILES string of the molecule is CC(CN)N(C)C(=O)Nc1cccc(F)c1. The van der Waals surface area contributed by atoms with E-state index >= 15 is 0 Å². The molecule has 4 nitrogen and oxygen atoms in total. The van der Waals surface area contributed by atoms with E-state index in [9.17, 15) is 9.18 Å². The van der Waals surface area contributed by atoms with Gasteiger partial charge in [0.2, 0.25) is 0 Å². The van der Waals surface area contributed by atoms with Crippen molar-refractivity contribution in [3.8, 4) is 0 Å². The van der Waals surface area contributed by atoms with Crippen LogP contribution < -0.4 is 11.1 Å². The minimum absolute atomic E-state index is 0.0615. The number of nitrogens with zero attached hydrogens (tertiary/aromatic N) is 1. The summed E-state index contributed by atoms with van der Waals surface area (Å²) in [7, 11) is 1.64. The molecule has 0 fully saturated rings. The number of urea groups is 1. The van der Waals surface area contributed by atoms with Gasteiger partial charge in [-0.1, -0.05) is 6.07 Å². The summed E-state index contributed by atoms with van der Waals surface area (Å²) in [5, 5.41) is 2.59. The van der Waals surface area contributed by atoms with Gasteiger partial charge in [0, 0.05) is 25.3 Å². The molecule has 3 N–H and O–H groups in total. The molecule has 0 bridgehead atoms. The van der Waals surface area contributed by atoms with Crippen molar-refractivity contribution in [2.75, 3.05) is 18.9 Å². The molecule has 16 heavy (non-hydrogen) atoms. The molecule has 1 unspecified atom stereocenters. The average molecular weight is 225 g/mol. The number of likely N-dealkylation sites (N-methyl/N-ethyl adjacent to an activating group) is 1. The highest BCUT2D eigenvalue weighted by molar-refractivity contribution is 5.89. The van der Waals surface area contributed by atoms with Gasteiger partial charge in [-0.05, 0) is 25.1 Å². The van der Waals surface area contributed by atoms with E-state index in [1.165, 1.54) is 23.1 Å². The Balaban J connectivity index is 2.64. The molecule has 1 aromatic rings. The predicted molar refractivity (Wildman–Crippen MR) is 61.7 cm³/mol. The van der Waals surface area contributed by atoms with E-state index in [0.717, 1.165) is 0 Å². The quantitative estimate of drug-likeness (QED) is 0.821. The lowest BCUT2D eigenvalue weighted by molar-refractivity contribution is 0.209. The summed E-state index contributed by atoms with van der Waals surface area (Å²) in [5.41, 5.74) is 5.88. The van der Waals surface area contributed by atoms with Gasteiger partial charge in [0.05, 0.1) is 0 Å². The Morgan fingerprint density at radius 3 is 2.88 bits per heavy atom. The van der Waals surface area contributed by atoms with Gasteiger partial charge in [-0.2, -0.15) is 0 Å². The van der Waals surface area contributed by atoms with Crippen LogP contribution in [-0.2, 0) is 0 Å². The second kappa shape index (κ2) is 5.46. The normalized spacial score (nSPS) is 12.0. The Labute approximate surface area is 94.2 Å². The summed E-state index contributed by atoms with van der Waals surface area (Å²) in [5.74, 6) is -0.382. The number of benzene rings is 1. The Hall–Kier alpha value is -1.62. The number of nitrogens with two attached hydrogens (primary N) is 1. The van der Waals surface area contributed by atoms with Gasteiger partial charge < -0.3 is 16.0 Å². The zero-order chi connectivity index (χ0) is 12.1. The summed E-state index contributed by atoms with van der Waals surface area (Å²) in [4.78, 5) is 13.1. The van der Waals surface area contributed by atoms with E-state index < -0.39 is 0 Å². The molecular weight excluding hydrogens is 209 g/mol. The highest BCUT2D eigenvalue weighted by Gasteiger charge is 2.14. The molecule has 0 aliphatic heterocycles. The average Bonchev–Trinajstić information content (AvgIpc) is 2.27. The smallest absolute Gasteiger partial charge is 0.321 e. The van der Waals surface area contributed by atoms with Crippen molar-refractivity contribution in [1.82, 2.24) is 4.90 Å². The van der Waals surface area contributed by atoms with Crippen LogP contribution in [0.4, 0.5) is 14.9 Å². The molecule has 0 saturated heterocycles. The van der Waals surface area contributed by atoms with E-state index in [2.05, 4.69) is 5.32 Å². The van der Waals surface area contributed by atoms with Gasteiger partial charge >= 0.3 is 6.03 Å². The summed E-state index contributed by atoms with van der Waals surface area (Å²) < 4.78 is 12.9. The van der Waals surface area contributed by atoms with E-state index in [1.807, 2.05) is 6.92 Å². The highest BCUT2D eigenvalue weighted by atomic mass is 19.1. The lowest BCUT2D eigenvalue weighted by atomic mass is 10.3. The first kappa shape index (κ1) is 12.4. The Morgan fingerprint density at radius 2 is 2.31 bits per heavy atom. The number of anilines is 1. The molecule has 0 aromatic heterocycles. The third-order valence-electron chi connectivity index (χ3n) is 2.40. The summed E-state index contributed by atoms with van der Waals surface area (Å²) in [6, 6.07) is 5.39. The zero-order valence-electron chi connectivity index (χ0n) is 9.40. The summed E-state index contributed by atoms with van der Waals surface area (Å²) in [6.07, 6.45) is 0. The van der Waals surface area contributed by atoms with Crippen molar-refractivity contribution in [2.24, 2.45) is 5.73 Å². The number of hydrogen-bond acceptors (Lipinski definition) is 2. The van der Waals surface area contributed by atoms with Crippen LogP contribution in [0.1, 0.15) is 6.92 Å². The van der Waals surface area contributed by atoms with Crippen molar-refractivity contribution in [3.05, 3.63) is 30.1 Å². The van der Waals surface area contributed by atoms with E-state index in [1.54, 1.807) is 13.1 Å². The van der Waals surface area contributed by atoms with Crippen LogP contribution in [0.2, 0.25) is 0 Å². The first-order valence-corrected chi connectivity index (χ1v) is 5.04. The van der Waals surface area contributed by atoms with Crippen molar-refractivity contribution in [1.29, 1.82) is 0 Å². The number of carbonyl (C=O) groups excluding carboxylic acids is 1. The number of rotatable bonds is 3. The van der Waals surface area contributed by atoms with Crippen molar-refractivity contribution >= 4 is 11.7 Å². The molecule has 0 saturated carbocycles. The van der Waals surface area contributed by atoms with Crippen molar-refractivity contribution < 1.29 is 9.18 Å². The van der Waals surface area contributed by atoms with Crippen molar-refractivity contribution in [3.63, 3.8) is 0 Å². The van der Waals surface area contributed by atoms with Crippen LogP contribution in [0.25, 0.3) is 0 Å². The van der Waals surface area contributed by atoms with Crippen LogP contribution in [0, 0.1) is 5.82 Å². The maximum atomic E-state index is 12.9. The fraction of sp³-hybridized carbons (Fsp3) is 0.364. The molecule has 5 heteroatoms. The topological polar surface area (TPSA) is 58.4 Å². The van der Waals surface area contributed by atoms with Crippen LogP contribution in [0.3, 0.4) is 0 Å². The largest absolute Gasteiger partial charge is 0.328 e. The second-order valence-electron chi connectivity index (χ2n) is 3.64. The number of amides is 2. The predicted octanol–water partition coefficient (Wildman–Crippen LogP) is 1.64. The van der Waals surface area contributed by atoms with Gasteiger partial charge in [-0.25, -0.2) is 9.18 Å². The number of carbonyl (C=O) groups is 1. The van der Waals surface area contributed by atoms with Gasteiger partial charge in [0.15, 0.2) is 0 Å². The maximum absolute atomic E-state index is 12.9. The van der Waals surface area contributed by atoms with Crippen LogP contribution in [-0.4, -0.2) is 30.6 Å². The minimum Gasteiger partial charge on any atom is -0.328 e. The molecule has 1 atom stereocenters. The van der Waals surface area contributed by atoms with Crippen molar-refractivity contribution in [2.45, 2.75) is 13.0 Å². The first-order chi connectivity index (χ1) is 7.54. The monoisotopic (exact) mass is 225 g/mol. The molecule has 88 valence electrons. The molecule has 0 aliphatic rings. The standard InChI is InChI=1S/C11H16FN3O/c1-8(7-13)15(2)11(16)14-10-5-3-4-9(12)6-10/h3-6,8H,7,13H2,1-2H3,(H,14,16). The van der Waals surface area contributed by atoms with Gasteiger partial charge in [0.25, 0.3) is 0 Å². The second-order valence-corrected chi connectivity index (χ2v) is 3.64. The number of hydrogen-bond donors (Lipinski definition) is 2. The molecule has 2 amide bonds. The molecule has 0 aliphatic carbocycles. The van der Waals surface area contributed by atoms with Gasteiger partial charge in [-0.15, -0.1) is 0 Å². The Bertz CT molecular complexity index is 370. The minimum atomic E-state index is -0.382. The van der Waals surface area contributed by atoms with Crippen LogP contribution in [0.15, 0.2) is 24.3 Å². The van der Waals surface area contributed by atoms with E-state index in [0.29, 0.717) is 12.2 Å². The lowest BCUT2D eigenvalue weighted by Crippen LogP contribution is -2.42.